The number of carbonyl (C=O) groups excluding carboxylic acids is 2. The number of esters is 2. The van der Waals surface area contributed by atoms with Crippen LogP contribution >= 0.6 is 11.6 Å². The molecule has 0 aromatic heterocycles. The van der Waals surface area contributed by atoms with Crippen LogP contribution in [0.4, 0.5) is 0 Å². The molecule has 0 aromatic rings. The van der Waals surface area contributed by atoms with Crippen molar-refractivity contribution in [1.29, 1.82) is 0 Å². The molecule has 0 aliphatic heterocycles. The third-order valence-corrected chi connectivity index (χ3v) is 1.04. The Labute approximate surface area is 75.1 Å². The van der Waals surface area contributed by atoms with Crippen LogP contribution in [0.2, 0.25) is 0 Å². The summed E-state index contributed by atoms with van der Waals surface area (Å²) in [4.78, 5) is 21.0. The summed E-state index contributed by atoms with van der Waals surface area (Å²) >= 11 is 5.10. The molecule has 0 atom stereocenters. The minimum atomic E-state index is -0.561. The smallest absolute Gasteiger partial charge is 0.330 e. The number of ether oxygens (including phenoxy) is 2. The highest BCUT2D eigenvalue weighted by Gasteiger charge is 2.02. The molecule has 0 saturated heterocycles. The van der Waals surface area contributed by atoms with Crippen LogP contribution in [0, 0.1) is 0 Å². The molecular formula is C7H9ClO4. The molecule has 0 amide bonds. The van der Waals surface area contributed by atoms with Gasteiger partial charge in [0.1, 0.15) is 6.61 Å². The Hall–Kier alpha value is -1.03. The lowest BCUT2D eigenvalue weighted by Crippen LogP contribution is -2.09. The second kappa shape index (κ2) is 6.67. The highest BCUT2D eigenvalue weighted by atomic mass is 35.5. The topological polar surface area (TPSA) is 52.6 Å². The molecule has 0 aromatic carbocycles. The molecule has 0 spiro atoms. The van der Waals surface area contributed by atoms with Crippen LogP contribution in [0.5, 0.6) is 0 Å². The van der Waals surface area contributed by atoms with Gasteiger partial charge in [-0.2, -0.15) is 0 Å². The van der Waals surface area contributed by atoms with Gasteiger partial charge in [0.2, 0.25) is 0 Å². The van der Waals surface area contributed by atoms with Crippen LogP contribution < -0.4 is 0 Å². The molecule has 0 rings (SSSR count). The van der Waals surface area contributed by atoms with Gasteiger partial charge < -0.3 is 9.47 Å². The Balaban J connectivity index is 3.36. The maximum atomic E-state index is 10.6. The van der Waals surface area contributed by atoms with Gasteiger partial charge in [0.05, 0.1) is 6.42 Å². The molecule has 0 aliphatic carbocycles. The standard InChI is InChI=1S/C7H9ClO4/c1-2-6(9)11-4-3-7(10)12-5-8/h2H,1,3-5H2. The number of rotatable bonds is 5. The molecule has 12 heavy (non-hydrogen) atoms. The quantitative estimate of drug-likeness (QED) is 0.368. The van der Waals surface area contributed by atoms with Gasteiger partial charge in [-0.1, -0.05) is 18.2 Å². The number of hydrogen-bond acceptors (Lipinski definition) is 4. The monoisotopic (exact) mass is 192 g/mol. The third kappa shape index (κ3) is 5.73. The normalized spacial score (nSPS) is 8.75. The summed E-state index contributed by atoms with van der Waals surface area (Å²) < 4.78 is 8.87. The lowest BCUT2D eigenvalue weighted by Gasteiger charge is -2.00. The molecule has 68 valence electrons. The molecule has 0 saturated carbocycles. The van der Waals surface area contributed by atoms with Crippen LogP contribution in [-0.2, 0) is 19.1 Å². The van der Waals surface area contributed by atoms with Crippen molar-refractivity contribution >= 4 is 23.5 Å². The van der Waals surface area contributed by atoms with Crippen molar-refractivity contribution in [2.24, 2.45) is 0 Å². The van der Waals surface area contributed by atoms with Gasteiger partial charge in [0.25, 0.3) is 0 Å². The predicted molar refractivity (Wildman–Crippen MR) is 42.6 cm³/mol. The first-order valence-corrected chi connectivity index (χ1v) is 3.75. The molecule has 0 fully saturated rings. The Kier molecular flexibility index (Phi) is 6.09. The first-order valence-electron chi connectivity index (χ1n) is 3.21. The Morgan fingerprint density at radius 2 is 2.08 bits per heavy atom. The average molecular weight is 193 g/mol. The largest absolute Gasteiger partial charge is 0.462 e. The van der Waals surface area contributed by atoms with E-state index in [1.165, 1.54) is 0 Å². The fourth-order valence-electron chi connectivity index (χ4n) is 0.427. The van der Waals surface area contributed by atoms with Crippen molar-refractivity contribution in [3.8, 4) is 0 Å². The van der Waals surface area contributed by atoms with Gasteiger partial charge in [-0.05, 0) is 0 Å². The fourth-order valence-corrected chi connectivity index (χ4v) is 0.549. The summed E-state index contributed by atoms with van der Waals surface area (Å²) in [5, 5.41) is 0. The molecule has 0 heterocycles. The molecule has 0 aliphatic rings. The number of carbonyl (C=O) groups is 2. The summed E-state index contributed by atoms with van der Waals surface area (Å²) in [6.45, 7) is 3.17. The molecule has 4 nitrogen and oxygen atoms in total. The van der Waals surface area contributed by atoms with E-state index >= 15 is 0 Å². The summed E-state index contributed by atoms with van der Waals surface area (Å²) in [5.41, 5.74) is 0. The lowest BCUT2D eigenvalue weighted by atomic mass is 10.5. The fraction of sp³-hybridized carbons (Fsp3) is 0.429. The molecule has 0 N–H and O–H groups in total. The van der Waals surface area contributed by atoms with E-state index in [2.05, 4.69) is 16.1 Å². The van der Waals surface area contributed by atoms with E-state index in [0.29, 0.717) is 0 Å². The van der Waals surface area contributed by atoms with Crippen LogP contribution in [-0.4, -0.2) is 24.6 Å². The van der Waals surface area contributed by atoms with Crippen molar-refractivity contribution < 1.29 is 19.1 Å². The Morgan fingerprint density at radius 3 is 2.58 bits per heavy atom. The molecule has 0 radical (unpaired) electrons. The maximum absolute atomic E-state index is 10.6. The predicted octanol–water partition coefficient (Wildman–Crippen LogP) is 0.845. The summed E-state index contributed by atoms with van der Waals surface area (Å²) in [5.74, 6) is -1.06. The molecule has 5 heteroatoms. The average Bonchev–Trinajstić information content (AvgIpc) is 2.04. The minimum Gasteiger partial charge on any atom is -0.462 e. The van der Waals surface area contributed by atoms with Crippen LogP contribution in [0.25, 0.3) is 0 Å². The van der Waals surface area contributed by atoms with Gasteiger partial charge in [-0.15, -0.1) is 0 Å². The van der Waals surface area contributed by atoms with Gasteiger partial charge in [0, 0.05) is 6.08 Å². The Bertz CT molecular complexity index is 178. The van der Waals surface area contributed by atoms with E-state index in [0.717, 1.165) is 6.08 Å². The number of halogens is 1. The van der Waals surface area contributed by atoms with Crippen molar-refractivity contribution in [3.05, 3.63) is 12.7 Å². The first kappa shape index (κ1) is 11.0. The summed E-state index contributed by atoms with van der Waals surface area (Å²) in [6.07, 6.45) is 1.03. The molecule has 0 unspecified atom stereocenters. The van der Waals surface area contributed by atoms with Crippen LogP contribution in [0.15, 0.2) is 12.7 Å². The van der Waals surface area contributed by atoms with Gasteiger partial charge in [-0.3, -0.25) is 4.79 Å². The van der Waals surface area contributed by atoms with Crippen molar-refractivity contribution in [2.75, 3.05) is 12.7 Å². The van der Waals surface area contributed by atoms with E-state index in [4.69, 9.17) is 11.6 Å². The zero-order chi connectivity index (χ0) is 9.40. The van der Waals surface area contributed by atoms with Crippen molar-refractivity contribution in [2.45, 2.75) is 6.42 Å². The van der Waals surface area contributed by atoms with Crippen molar-refractivity contribution in [1.82, 2.24) is 0 Å². The van der Waals surface area contributed by atoms with Crippen LogP contribution in [0.3, 0.4) is 0 Å². The molecule has 0 bridgehead atoms. The second-order valence-corrected chi connectivity index (χ2v) is 1.97. The van der Waals surface area contributed by atoms with E-state index in [1.54, 1.807) is 0 Å². The van der Waals surface area contributed by atoms with E-state index in [1.807, 2.05) is 0 Å². The second-order valence-electron chi connectivity index (χ2n) is 1.75. The number of alkyl halides is 1. The van der Waals surface area contributed by atoms with Gasteiger partial charge in [0.15, 0.2) is 6.07 Å². The third-order valence-electron chi connectivity index (χ3n) is 0.933. The van der Waals surface area contributed by atoms with Gasteiger partial charge in [-0.25, -0.2) is 4.79 Å². The van der Waals surface area contributed by atoms with E-state index < -0.39 is 11.9 Å². The summed E-state index contributed by atoms with van der Waals surface area (Å²) in [7, 11) is 0. The van der Waals surface area contributed by atoms with Crippen LogP contribution in [0.1, 0.15) is 6.42 Å². The van der Waals surface area contributed by atoms with E-state index in [-0.39, 0.29) is 19.1 Å². The lowest BCUT2D eigenvalue weighted by molar-refractivity contribution is -0.145. The number of hydrogen-bond donors (Lipinski definition) is 0. The first-order chi connectivity index (χ1) is 5.70. The Morgan fingerprint density at radius 1 is 1.42 bits per heavy atom. The maximum Gasteiger partial charge on any atom is 0.330 e. The van der Waals surface area contributed by atoms with Gasteiger partial charge >= 0.3 is 11.9 Å². The zero-order valence-electron chi connectivity index (χ0n) is 6.42. The van der Waals surface area contributed by atoms with E-state index in [9.17, 15) is 9.59 Å². The minimum absolute atomic E-state index is 0.00625. The zero-order valence-corrected chi connectivity index (χ0v) is 7.17. The SMILES string of the molecule is C=CC(=O)OCCC(=O)OCCl. The highest BCUT2D eigenvalue weighted by molar-refractivity contribution is 6.17. The highest BCUT2D eigenvalue weighted by Crippen LogP contribution is 1.90. The van der Waals surface area contributed by atoms with Crippen molar-refractivity contribution in [3.63, 3.8) is 0 Å². The summed E-state index contributed by atoms with van der Waals surface area (Å²) in [6, 6.07) is -0.186. The molecular weight excluding hydrogens is 184 g/mol.